The Kier molecular flexibility index (Phi) is 5.17. The number of fused-ring (bicyclic) bond motifs is 3. The minimum atomic E-state index is 0.519. The predicted molar refractivity (Wildman–Crippen MR) is 156 cm³/mol. The highest BCUT2D eigenvalue weighted by atomic mass is 14.7. The monoisotopic (exact) mass is 483 g/mol. The van der Waals surface area contributed by atoms with Crippen molar-refractivity contribution in [1.29, 1.82) is 5.26 Å². The molecule has 0 fully saturated rings. The standard InChI is InChI=1S/C35H21N3/c36-20-23-19-25(22-37-21-23)32-17-8-18-33(38-32)35-30-14-5-3-12-28(30)34(29-13-4-6-15-31(29)35)27-16-7-10-24-9-1-2-11-26(24)27/h1-19,21-22H. The third-order valence-corrected chi connectivity index (χ3v) is 7.16. The third-order valence-electron chi connectivity index (χ3n) is 7.16. The second-order valence-corrected chi connectivity index (χ2v) is 9.35. The molecule has 0 bridgehead atoms. The van der Waals surface area contributed by atoms with E-state index in [2.05, 4.69) is 108 Å². The average molecular weight is 484 g/mol. The molecule has 0 saturated carbocycles. The number of rotatable bonds is 3. The summed E-state index contributed by atoms with van der Waals surface area (Å²) < 4.78 is 0. The highest BCUT2D eigenvalue weighted by molar-refractivity contribution is 6.23. The van der Waals surface area contributed by atoms with Crippen molar-refractivity contribution >= 4 is 32.3 Å². The van der Waals surface area contributed by atoms with Gasteiger partial charge in [-0.2, -0.15) is 5.26 Å². The molecule has 2 aromatic heterocycles. The van der Waals surface area contributed by atoms with Gasteiger partial charge in [-0.1, -0.05) is 97.1 Å². The third kappa shape index (κ3) is 3.51. The Morgan fingerprint density at radius 3 is 1.82 bits per heavy atom. The van der Waals surface area contributed by atoms with Gasteiger partial charge in [-0.15, -0.1) is 0 Å². The van der Waals surface area contributed by atoms with E-state index in [1.54, 1.807) is 12.4 Å². The SMILES string of the molecule is N#Cc1cncc(-c2cccc(-c3c4ccccc4c(-c4cccc5ccccc45)c4ccccc34)n2)c1. The molecule has 3 nitrogen and oxygen atoms in total. The van der Waals surface area contributed by atoms with E-state index in [9.17, 15) is 5.26 Å². The Morgan fingerprint density at radius 2 is 1.11 bits per heavy atom. The van der Waals surface area contributed by atoms with E-state index in [1.165, 1.54) is 32.7 Å². The number of pyridine rings is 2. The molecule has 0 spiro atoms. The smallest absolute Gasteiger partial charge is 0.101 e. The van der Waals surface area contributed by atoms with Gasteiger partial charge in [0.2, 0.25) is 0 Å². The van der Waals surface area contributed by atoms with E-state index in [0.717, 1.165) is 33.3 Å². The van der Waals surface area contributed by atoms with Crippen LogP contribution in [0, 0.1) is 11.3 Å². The van der Waals surface area contributed by atoms with Crippen LogP contribution in [0.4, 0.5) is 0 Å². The number of nitrogens with zero attached hydrogens (tertiary/aromatic N) is 3. The van der Waals surface area contributed by atoms with Gasteiger partial charge in [0.05, 0.1) is 17.0 Å². The van der Waals surface area contributed by atoms with E-state index < -0.39 is 0 Å². The fourth-order valence-corrected chi connectivity index (χ4v) is 5.51. The predicted octanol–water partition coefficient (Wildman–Crippen LogP) is 8.81. The number of nitriles is 1. The normalized spacial score (nSPS) is 11.1. The first-order chi connectivity index (χ1) is 18.8. The molecule has 5 aromatic carbocycles. The van der Waals surface area contributed by atoms with Crippen molar-refractivity contribution in [2.75, 3.05) is 0 Å². The highest BCUT2D eigenvalue weighted by Crippen LogP contribution is 2.44. The van der Waals surface area contributed by atoms with Crippen LogP contribution in [0.25, 0.3) is 66.0 Å². The van der Waals surface area contributed by atoms with Crippen molar-refractivity contribution in [2.24, 2.45) is 0 Å². The van der Waals surface area contributed by atoms with Crippen LogP contribution < -0.4 is 0 Å². The second-order valence-electron chi connectivity index (χ2n) is 9.35. The maximum Gasteiger partial charge on any atom is 0.101 e. The van der Waals surface area contributed by atoms with Gasteiger partial charge in [0.15, 0.2) is 0 Å². The fraction of sp³-hybridized carbons (Fsp3) is 0. The Hall–Kier alpha value is -5.33. The summed E-state index contributed by atoms with van der Waals surface area (Å²) in [6.07, 6.45) is 3.33. The quantitative estimate of drug-likeness (QED) is 0.236. The molecular formula is C35H21N3. The van der Waals surface area contributed by atoms with E-state index in [0.29, 0.717) is 5.56 Å². The first-order valence-electron chi connectivity index (χ1n) is 12.6. The molecule has 0 radical (unpaired) electrons. The molecule has 2 heterocycles. The van der Waals surface area contributed by atoms with Gasteiger partial charge in [0.25, 0.3) is 0 Å². The molecule has 0 unspecified atom stereocenters. The van der Waals surface area contributed by atoms with Crippen LogP contribution in [0.3, 0.4) is 0 Å². The van der Waals surface area contributed by atoms with E-state index in [1.807, 2.05) is 18.2 Å². The summed E-state index contributed by atoms with van der Waals surface area (Å²) in [6.45, 7) is 0. The summed E-state index contributed by atoms with van der Waals surface area (Å²) in [7, 11) is 0. The zero-order chi connectivity index (χ0) is 25.5. The number of benzene rings is 5. The van der Waals surface area contributed by atoms with Gasteiger partial charge < -0.3 is 0 Å². The van der Waals surface area contributed by atoms with Gasteiger partial charge in [-0.3, -0.25) is 4.98 Å². The lowest BCUT2D eigenvalue weighted by Gasteiger charge is -2.18. The molecule has 0 N–H and O–H groups in total. The van der Waals surface area contributed by atoms with Gasteiger partial charge >= 0.3 is 0 Å². The number of aromatic nitrogens is 2. The minimum absolute atomic E-state index is 0.519. The first kappa shape index (κ1) is 21.9. The molecule has 7 aromatic rings. The molecular weight excluding hydrogens is 462 g/mol. The molecule has 0 aliphatic heterocycles. The molecule has 0 amide bonds. The minimum Gasteiger partial charge on any atom is -0.263 e. The van der Waals surface area contributed by atoms with Gasteiger partial charge in [-0.25, -0.2) is 4.98 Å². The van der Waals surface area contributed by atoms with Gasteiger partial charge in [-0.05, 0) is 61.6 Å². The molecule has 38 heavy (non-hydrogen) atoms. The fourth-order valence-electron chi connectivity index (χ4n) is 5.51. The molecule has 0 aliphatic rings. The summed E-state index contributed by atoms with van der Waals surface area (Å²) in [5, 5.41) is 16.5. The van der Waals surface area contributed by atoms with Crippen LogP contribution in [-0.2, 0) is 0 Å². The second kappa shape index (κ2) is 8.96. The molecule has 0 aliphatic carbocycles. The lowest BCUT2D eigenvalue weighted by molar-refractivity contribution is 1.27. The van der Waals surface area contributed by atoms with E-state index in [-0.39, 0.29) is 0 Å². The number of hydrogen-bond donors (Lipinski definition) is 0. The average Bonchev–Trinajstić information content (AvgIpc) is 2.99. The van der Waals surface area contributed by atoms with Gasteiger partial charge in [0.1, 0.15) is 6.07 Å². The van der Waals surface area contributed by atoms with Crippen molar-refractivity contribution in [3.8, 4) is 39.7 Å². The number of hydrogen-bond acceptors (Lipinski definition) is 3. The summed E-state index contributed by atoms with van der Waals surface area (Å²) in [5.41, 5.74) is 6.59. The van der Waals surface area contributed by atoms with Crippen LogP contribution >= 0.6 is 0 Å². The summed E-state index contributed by atoms with van der Waals surface area (Å²) in [6, 6.07) is 42.4. The zero-order valence-electron chi connectivity index (χ0n) is 20.5. The summed E-state index contributed by atoms with van der Waals surface area (Å²) in [5.74, 6) is 0. The van der Waals surface area contributed by atoms with Crippen LogP contribution in [0.15, 0.2) is 128 Å². The van der Waals surface area contributed by atoms with E-state index >= 15 is 0 Å². The molecule has 3 heteroatoms. The Bertz CT molecular complexity index is 1990. The zero-order valence-corrected chi connectivity index (χ0v) is 20.5. The molecule has 176 valence electrons. The van der Waals surface area contributed by atoms with Gasteiger partial charge in [0, 0.05) is 23.5 Å². The largest absolute Gasteiger partial charge is 0.263 e. The maximum absolute atomic E-state index is 9.35. The van der Waals surface area contributed by atoms with Crippen LogP contribution in [-0.4, -0.2) is 9.97 Å². The van der Waals surface area contributed by atoms with Crippen molar-refractivity contribution in [1.82, 2.24) is 9.97 Å². The van der Waals surface area contributed by atoms with Crippen molar-refractivity contribution in [3.05, 3.63) is 133 Å². The van der Waals surface area contributed by atoms with Crippen LogP contribution in [0.1, 0.15) is 5.56 Å². The first-order valence-corrected chi connectivity index (χ1v) is 12.6. The Balaban J connectivity index is 1.56. The molecule has 7 rings (SSSR count). The van der Waals surface area contributed by atoms with E-state index in [4.69, 9.17) is 4.98 Å². The Morgan fingerprint density at radius 1 is 0.526 bits per heavy atom. The van der Waals surface area contributed by atoms with Crippen molar-refractivity contribution in [2.45, 2.75) is 0 Å². The molecule has 0 atom stereocenters. The lowest BCUT2D eigenvalue weighted by atomic mass is 9.85. The highest BCUT2D eigenvalue weighted by Gasteiger charge is 2.18. The van der Waals surface area contributed by atoms with Crippen molar-refractivity contribution in [3.63, 3.8) is 0 Å². The summed E-state index contributed by atoms with van der Waals surface area (Å²) >= 11 is 0. The van der Waals surface area contributed by atoms with Crippen molar-refractivity contribution < 1.29 is 0 Å². The van der Waals surface area contributed by atoms with Crippen LogP contribution in [0.5, 0.6) is 0 Å². The Labute approximate surface area is 220 Å². The maximum atomic E-state index is 9.35. The van der Waals surface area contributed by atoms with Crippen LogP contribution in [0.2, 0.25) is 0 Å². The summed E-state index contributed by atoms with van der Waals surface area (Å²) in [4.78, 5) is 9.33. The lowest BCUT2D eigenvalue weighted by Crippen LogP contribution is -1.94. The topological polar surface area (TPSA) is 49.6 Å². The molecule has 0 saturated heterocycles.